The van der Waals surface area contributed by atoms with Gasteiger partial charge in [0.2, 0.25) is 0 Å². The molecule has 0 aromatic carbocycles. The van der Waals surface area contributed by atoms with Crippen molar-refractivity contribution in [3.63, 3.8) is 0 Å². The predicted octanol–water partition coefficient (Wildman–Crippen LogP) is 8.60. The highest BCUT2D eigenvalue weighted by Crippen LogP contribution is 2.17. The monoisotopic (exact) mass is 366 g/mol. The zero-order chi connectivity index (χ0) is 19.1. The number of unbranched alkanes of at least 4 members (excludes halogenated alkanes) is 14. The fraction of sp³-hybridized carbons (Fsp3) is 0.920. The first kappa shape index (κ1) is 25.7. The fourth-order valence-electron chi connectivity index (χ4n) is 3.68. The zero-order valence-electron chi connectivity index (χ0n) is 18.3. The molecule has 1 unspecified atom stereocenters. The quantitative estimate of drug-likeness (QED) is 0.159. The Balaban J connectivity index is 3.33. The van der Waals surface area contributed by atoms with Crippen LogP contribution in [0.25, 0.3) is 0 Å². The summed E-state index contributed by atoms with van der Waals surface area (Å²) in [5, 5.41) is 9.55. The molecule has 156 valence electrons. The van der Waals surface area contributed by atoms with Crippen molar-refractivity contribution in [2.75, 3.05) is 6.61 Å². The second kappa shape index (κ2) is 22.7. The van der Waals surface area contributed by atoms with Gasteiger partial charge in [0.1, 0.15) is 0 Å². The first-order chi connectivity index (χ1) is 12.8. The van der Waals surface area contributed by atoms with Crippen molar-refractivity contribution in [3.05, 3.63) is 12.2 Å². The SMILES string of the molecule is CCCCC/C=C\CCC(CO)CCCCCCCCCCCCCC. The van der Waals surface area contributed by atoms with Crippen LogP contribution >= 0.6 is 0 Å². The molecule has 0 saturated heterocycles. The van der Waals surface area contributed by atoms with Gasteiger partial charge in [-0.25, -0.2) is 0 Å². The molecule has 1 heteroatoms. The van der Waals surface area contributed by atoms with E-state index in [1.54, 1.807) is 0 Å². The van der Waals surface area contributed by atoms with Gasteiger partial charge in [-0.1, -0.05) is 116 Å². The number of allylic oxidation sites excluding steroid dienone is 2. The summed E-state index contributed by atoms with van der Waals surface area (Å²) in [6.07, 6.45) is 30.3. The molecule has 0 rings (SSSR count). The summed E-state index contributed by atoms with van der Waals surface area (Å²) in [5.41, 5.74) is 0. The molecular weight excluding hydrogens is 316 g/mol. The van der Waals surface area contributed by atoms with Gasteiger partial charge in [-0.2, -0.15) is 0 Å². The molecule has 0 aromatic heterocycles. The van der Waals surface area contributed by atoms with Crippen LogP contribution in [0.15, 0.2) is 12.2 Å². The normalized spacial score (nSPS) is 12.9. The zero-order valence-corrected chi connectivity index (χ0v) is 18.3. The van der Waals surface area contributed by atoms with E-state index < -0.39 is 0 Å². The minimum Gasteiger partial charge on any atom is -0.396 e. The fourth-order valence-corrected chi connectivity index (χ4v) is 3.68. The summed E-state index contributed by atoms with van der Waals surface area (Å²) in [5.74, 6) is 0.526. The molecule has 26 heavy (non-hydrogen) atoms. The van der Waals surface area contributed by atoms with E-state index in [2.05, 4.69) is 26.0 Å². The van der Waals surface area contributed by atoms with E-state index in [4.69, 9.17) is 0 Å². The van der Waals surface area contributed by atoms with Crippen molar-refractivity contribution in [1.82, 2.24) is 0 Å². The average molecular weight is 367 g/mol. The number of aliphatic hydroxyl groups is 1. The molecule has 0 aliphatic rings. The smallest absolute Gasteiger partial charge is 0.0459 e. The molecule has 0 saturated carbocycles. The largest absolute Gasteiger partial charge is 0.396 e. The van der Waals surface area contributed by atoms with Crippen molar-refractivity contribution < 1.29 is 5.11 Å². The highest BCUT2D eigenvalue weighted by Gasteiger charge is 2.05. The average Bonchev–Trinajstić information content (AvgIpc) is 2.66. The van der Waals surface area contributed by atoms with Crippen LogP contribution in [-0.4, -0.2) is 11.7 Å². The van der Waals surface area contributed by atoms with E-state index in [0.717, 1.165) is 6.42 Å². The number of aliphatic hydroxyl groups excluding tert-OH is 1. The van der Waals surface area contributed by atoms with Gasteiger partial charge in [0.15, 0.2) is 0 Å². The maximum absolute atomic E-state index is 9.55. The second-order valence-electron chi connectivity index (χ2n) is 8.27. The van der Waals surface area contributed by atoms with E-state index in [9.17, 15) is 5.11 Å². The van der Waals surface area contributed by atoms with Gasteiger partial charge in [0, 0.05) is 6.61 Å². The molecule has 0 bridgehead atoms. The number of hydrogen-bond donors (Lipinski definition) is 1. The maximum Gasteiger partial charge on any atom is 0.0459 e. The van der Waals surface area contributed by atoms with Gasteiger partial charge in [0.05, 0.1) is 0 Å². The molecular formula is C25H50O. The molecule has 1 nitrogen and oxygen atoms in total. The van der Waals surface area contributed by atoms with Crippen LogP contribution in [-0.2, 0) is 0 Å². The lowest BCUT2D eigenvalue weighted by molar-refractivity contribution is 0.208. The van der Waals surface area contributed by atoms with Gasteiger partial charge < -0.3 is 5.11 Å². The third-order valence-corrected chi connectivity index (χ3v) is 5.61. The summed E-state index contributed by atoms with van der Waals surface area (Å²) in [7, 11) is 0. The molecule has 1 atom stereocenters. The van der Waals surface area contributed by atoms with Crippen LogP contribution in [0.5, 0.6) is 0 Å². The van der Waals surface area contributed by atoms with E-state index in [-0.39, 0.29) is 0 Å². The van der Waals surface area contributed by atoms with Crippen molar-refractivity contribution in [3.8, 4) is 0 Å². The Bertz CT molecular complexity index is 271. The third kappa shape index (κ3) is 20.0. The van der Waals surface area contributed by atoms with Gasteiger partial charge in [-0.3, -0.25) is 0 Å². The van der Waals surface area contributed by atoms with Gasteiger partial charge in [-0.15, -0.1) is 0 Å². The summed E-state index contributed by atoms with van der Waals surface area (Å²) >= 11 is 0. The highest BCUT2D eigenvalue weighted by atomic mass is 16.3. The van der Waals surface area contributed by atoms with Gasteiger partial charge in [0.25, 0.3) is 0 Å². The van der Waals surface area contributed by atoms with Crippen molar-refractivity contribution in [2.45, 2.75) is 136 Å². The maximum atomic E-state index is 9.55. The van der Waals surface area contributed by atoms with Crippen LogP contribution in [0, 0.1) is 5.92 Å². The van der Waals surface area contributed by atoms with E-state index in [0.29, 0.717) is 12.5 Å². The Morgan fingerprint density at radius 1 is 0.538 bits per heavy atom. The molecule has 0 heterocycles. The Hall–Kier alpha value is -0.300. The lowest BCUT2D eigenvalue weighted by atomic mass is 9.96. The number of hydrogen-bond acceptors (Lipinski definition) is 1. The van der Waals surface area contributed by atoms with Crippen molar-refractivity contribution in [1.29, 1.82) is 0 Å². The lowest BCUT2D eigenvalue weighted by Crippen LogP contribution is -2.05. The first-order valence-electron chi connectivity index (χ1n) is 12.1. The lowest BCUT2D eigenvalue weighted by Gasteiger charge is -2.12. The van der Waals surface area contributed by atoms with E-state index in [1.807, 2.05) is 0 Å². The second-order valence-corrected chi connectivity index (χ2v) is 8.27. The molecule has 0 aliphatic heterocycles. The summed E-state index contributed by atoms with van der Waals surface area (Å²) in [6, 6.07) is 0. The van der Waals surface area contributed by atoms with Crippen molar-refractivity contribution in [2.24, 2.45) is 5.92 Å². The van der Waals surface area contributed by atoms with E-state index in [1.165, 1.54) is 116 Å². The first-order valence-corrected chi connectivity index (χ1v) is 12.1. The van der Waals surface area contributed by atoms with Crippen molar-refractivity contribution >= 4 is 0 Å². The third-order valence-electron chi connectivity index (χ3n) is 5.61. The molecule has 0 fully saturated rings. The minimum absolute atomic E-state index is 0.377. The Morgan fingerprint density at radius 2 is 1.00 bits per heavy atom. The van der Waals surface area contributed by atoms with Crippen LogP contribution in [0.2, 0.25) is 0 Å². The van der Waals surface area contributed by atoms with Crippen LogP contribution < -0.4 is 0 Å². The van der Waals surface area contributed by atoms with Gasteiger partial charge >= 0.3 is 0 Å². The Kier molecular flexibility index (Phi) is 22.5. The summed E-state index contributed by atoms with van der Waals surface area (Å²) < 4.78 is 0. The predicted molar refractivity (Wildman–Crippen MR) is 119 cm³/mol. The summed E-state index contributed by atoms with van der Waals surface area (Å²) in [6.45, 7) is 4.92. The van der Waals surface area contributed by atoms with Crippen LogP contribution in [0.1, 0.15) is 136 Å². The standard InChI is InChI=1S/C25H50O/c1-3-5-7-9-11-12-13-14-15-17-19-21-23-25(24-26)22-20-18-16-10-8-6-4-2/h16,18,25-26H,3-15,17,19-24H2,1-2H3/b18-16-. The molecule has 0 amide bonds. The molecule has 0 radical (unpaired) electrons. The molecule has 0 aliphatic carbocycles. The van der Waals surface area contributed by atoms with Crippen LogP contribution in [0.3, 0.4) is 0 Å². The topological polar surface area (TPSA) is 20.2 Å². The van der Waals surface area contributed by atoms with E-state index >= 15 is 0 Å². The Labute approximate surface area is 166 Å². The molecule has 0 aromatic rings. The van der Waals surface area contributed by atoms with Gasteiger partial charge in [-0.05, 0) is 38.0 Å². The highest BCUT2D eigenvalue weighted by molar-refractivity contribution is 4.82. The Morgan fingerprint density at radius 3 is 1.54 bits per heavy atom. The van der Waals surface area contributed by atoms with Crippen LogP contribution in [0.4, 0.5) is 0 Å². The molecule has 0 spiro atoms. The minimum atomic E-state index is 0.377. The number of rotatable bonds is 21. The summed E-state index contributed by atoms with van der Waals surface area (Å²) in [4.78, 5) is 0. The molecule has 1 N–H and O–H groups in total.